The first kappa shape index (κ1) is 20.9. The quantitative estimate of drug-likeness (QED) is 0.448. The highest BCUT2D eigenvalue weighted by Crippen LogP contribution is 2.28. The Balaban J connectivity index is 1.48. The Morgan fingerprint density at radius 3 is 2.58 bits per heavy atom. The summed E-state index contributed by atoms with van der Waals surface area (Å²) in [6, 6.07) is 16.9. The number of nitrogens with zero attached hydrogens (tertiary/aromatic N) is 4. The summed E-state index contributed by atoms with van der Waals surface area (Å²) in [5, 5.41) is 9.52. The molecule has 3 aromatic rings. The smallest absolute Gasteiger partial charge is 0.277 e. The molecule has 0 spiro atoms. The van der Waals surface area contributed by atoms with Gasteiger partial charge in [0.05, 0.1) is 23.2 Å². The third-order valence-electron chi connectivity index (χ3n) is 5.05. The lowest BCUT2D eigenvalue weighted by Crippen LogP contribution is -2.25. The Morgan fingerprint density at radius 1 is 1.16 bits per heavy atom. The predicted molar refractivity (Wildman–Crippen MR) is 122 cm³/mol. The molecule has 0 atom stereocenters. The first-order valence-corrected chi connectivity index (χ1v) is 10.6. The summed E-state index contributed by atoms with van der Waals surface area (Å²) in [6.45, 7) is 3.76. The van der Waals surface area contributed by atoms with Crippen molar-refractivity contribution in [3.63, 3.8) is 0 Å². The molecule has 4 rings (SSSR count). The van der Waals surface area contributed by atoms with E-state index in [2.05, 4.69) is 15.4 Å². The highest BCUT2D eigenvalue weighted by atomic mass is 35.5. The lowest BCUT2D eigenvalue weighted by molar-refractivity contribution is -0.123. The molecule has 0 saturated carbocycles. The van der Waals surface area contributed by atoms with Crippen LogP contribution in [0.15, 0.2) is 59.7 Å². The number of aryl methyl sites for hydroxylation is 1. The van der Waals surface area contributed by atoms with E-state index in [1.165, 1.54) is 0 Å². The fourth-order valence-corrected chi connectivity index (χ4v) is 3.67. The van der Waals surface area contributed by atoms with Crippen molar-refractivity contribution in [1.29, 1.82) is 0 Å². The zero-order chi connectivity index (χ0) is 21.6. The van der Waals surface area contributed by atoms with Gasteiger partial charge in [-0.15, -0.1) is 0 Å². The summed E-state index contributed by atoms with van der Waals surface area (Å²) in [6.07, 6.45) is 3.96. The summed E-state index contributed by atoms with van der Waals surface area (Å²) in [5.74, 6) is 1.22. The maximum atomic E-state index is 12.1. The molecule has 1 aromatic heterocycles. The Labute approximate surface area is 186 Å². The van der Waals surface area contributed by atoms with Crippen LogP contribution in [0.5, 0.6) is 5.75 Å². The maximum absolute atomic E-state index is 12.1. The number of rotatable bonds is 7. The number of amides is 1. The van der Waals surface area contributed by atoms with Gasteiger partial charge < -0.3 is 9.64 Å². The van der Waals surface area contributed by atoms with E-state index in [1.54, 1.807) is 30.5 Å². The van der Waals surface area contributed by atoms with Crippen molar-refractivity contribution >= 4 is 29.5 Å². The molecule has 0 bridgehead atoms. The van der Waals surface area contributed by atoms with Crippen LogP contribution in [-0.4, -0.2) is 41.6 Å². The average molecular weight is 438 g/mol. The number of benzene rings is 2. The molecule has 0 radical (unpaired) electrons. The molecule has 1 aliphatic heterocycles. The van der Waals surface area contributed by atoms with Crippen LogP contribution in [0.2, 0.25) is 5.02 Å². The van der Waals surface area contributed by atoms with Crippen LogP contribution in [0, 0.1) is 6.92 Å². The number of hydrogen-bond donors (Lipinski definition) is 1. The van der Waals surface area contributed by atoms with Crippen molar-refractivity contribution in [2.75, 3.05) is 24.6 Å². The van der Waals surface area contributed by atoms with E-state index in [4.69, 9.17) is 21.4 Å². The minimum atomic E-state index is -0.345. The maximum Gasteiger partial charge on any atom is 0.277 e. The molecule has 1 fully saturated rings. The third-order valence-corrected chi connectivity index (χ3v) is 5.31. The van der Waals surface area contributed by atoms with Gasteiger partial charge in [-0.05, 0) is 56.2 Å². The number of hydrogen-bond acceptors (Lipinski definition) is 5. The minimum absolute atomic E-state index is 0.139. The Kier molecular flexibility index (Phi) is 6.52. The molecule has 2 aromatic carbocycles. The van der Waals surface area contributed by atoms with Gasteiger partial charge in [-0.3, -0.25) is 4.79 Å². The van der Waals surface area contributed by atoms with Crippen LogP contribution >= 0.6 is 11.6 Å². The van der Waals surface area contributed by atoms with Gasteiger partial charge >= 0.3 is 0 Å². The fraction of sp³-hybridized carbons (Fsp3) is 0.261. The summed E-state index contributed by atoms with van der Waals surface area (Å²) in [5.41, 5.74) is 5.27. The lowest BCUT2D eigenvalue weighted by atomic mass is 10.2. The second-order valence-corrected chi connectivity index (χ2v) is 7.74. The van der Waals surface area contributed by atoms with Gasteiger partial charge in [0.25, 0.3) is 5.91 Å². The number of ether oxygens (including phenoxy) is 1. The van der Waals surface area contributed by atoms with Crippen LogP contribution < -0.4 is 15.1 Å². The Hall–Kier alpha value is -3.32. The molecule has 2 heterocycles. The van der Waals surface area contributed by atoms with Gasteiger partial charge in [-0.2, -0.15) is 10.2 Å². The number of aromatic nitrogens is 2. The zero-order valence-electron chi connectivity index (χ0n) is 17.3. The van der Waals surface area contributed by atoms with Crippen molar-refractivity contribution < 1.29 is 9.53 Å². The van der Waals surface area contributed by atoms with Crippen LogP contribution in [0.1, 0.15) is 24.1 Å². The predicted octanol–water partition coefficient (Wildman–Crippen LogP) is 3.96. The number of hydrazone groups is 1. The van der Waals surface area contributed by atoms with Crippen LogP contribution in [0.25, 0.3) is 5.69 Å². The largest absolute Gasteiger partial charge is 0.484 e. The van der Waals surface area contributed by atoms with E-state index >= 15 is 0 Å². The lowest BCUT2D eigenvalue weighted by Gasteiger charge is -2.20. The normalized spacial score (nSPS) is 13.7. The number of para-hydroxylation sites is 1. The van der Waals surface area contributed by atoms with Gasteiger partial charge in [0.15, 0.2) is 6.61 Å². The summed E-state index contributed by atoms with van der Waals surface area (Å²) >= 11 is 5.85. The first-order chi connectivity index (χ1) is 15.1. The van der Waals surface area contributed by atoms with Gasteiger partial charge in [0.1, 0.15) is 11.6 Å². The second kappa shape index (κ2) is 9.66. The molecule has 1 amide bonds. The topological polar surface area (TPSA) is 71.8 Å². The molecule has 160 valence electrons. The van der Waals surface area contributed by atoms with Crippen molar-refractivity contribution in [2.24, 2.45) is 5.10 Å². The van der Waals surface area contributed by atoms with Gasteiger partial charge in [0, 0.05) is 18.1 Å². The molecule has 8 heteroatoms. The average Bonchev–Trinajstić information content (AvgIpc) is 3.42. The molecule has 0 unspecified atom stereocenters. The summed E-state index contributed by atoms with van der Waals surface area (Å²) < 4.78 is 7.40. The fourth-order valence-electron chi connectivity index (χ4n) is 3.54. The molecular formula is C23H24ClN5O2. The molecule has 1 saturated heterocycles. The zero-order valence-corrected chi connectivity index (χ0v) is 18.0. The Morgan fingerprint density at radius 2 is 1.87 bits per heavy atom. The minimum Gasteiger partial charge on any atom is -0.484 e. The summed E-state index contributed by atoms with van der Waals surface area (Å²) in [4.78, 5) is 14.4. The molecule has 0 aliphatic carbocycles. The molecular weight excluding hydrogens is 414 g/mol. The van der Waals surface area contributed by atoms with Crippen LogP contribution in [0.4, 0.5) is 5.82 Å². The van der Waals surface area contributed by atoms with Gasteiger partial charge in [0.2, 0.25) is 0 Å². The number of carbonyl (C=O) groups excluding carboxylic acids is 1. The van der Waals surface area contributed by atoms with E-state index in [0.717, 1.165) is 48.7 Å². The number of nitrogens with one attached hydrogen (secondary N) is 1. The molecule has 1 N–H and O–H groups in total. The number of halogens is 1. The van der Waals surface area contributed by atoms with Crippen molar-refractivity contribution in [2.45, 2.75) is 19.8 Å². The van der Waals surface area contributed by atoms with E-state index in [-0.39, 0.29) is 12.5 Å². The number of carbonyl (C=O) groups is 1. The van der Waals surface area contributed by atoms with Gasteiger partial charge in [-0.1, -0.05) is 29.8 Å². The van der Waals surface area contributed by atoms with Crippen molar-refractivity contribution in [1.82, 2.24) is 15.2 Å². The standard InChI is InChI=1S/C23H24ClN5O2/c1-17-21(15-25-26-22(30)16-31-20-11-9-18(24)10-12-20)23(28-13-5-6-14-28)29(27-17)19-7-3-2-4-8-19/h2-4,7-12,15H,5-6,13-14,16H2,1H3,(H,26,30)/b25-15+. The highest BCUT2D eigenvalue weighted by Gasteiger charge is 2.23. The third kappa shape index (κ3) is 5.06. The van der Waals surface area contributed by atoms with E-state index in [1.807, 2.05) is 41.9 Å². The summed E-state index contributed by atoms with van der Waals surface area (Å²) in [7, 11) is 0. The molecule has 31 heavy (non-hydrogen) atoms. The van der Waals surface area contributed by atoms with E-state index in [9.17, 15) is 4.79 Å². The number of anilines is 1. The Bertz CT molecular complexity index is 1060. The molecule has 1 aliphatic rings. The SMILES string of the molecule is Cc1nn(-c2ccccc2)c(N2CCCC2)c1/C=N/NC(=O)COc1ccc(Cl)cc1. The highest BCUT2D eigenvalue weighted by molar-refractivity contribution is 6.30. The second-order valence-electron chi connectivity index (χ2n) is 7.30. The molecule has 7 nitrogen and oxygen atoms in total. The monoisotopic (exact) mass is 437 g/mol. The van der Waals surface area contributed by atoms with E-state index < -0.39 is 0 Å². The van der Waals surface area contributed by atoms with Crippen LogP contribution in [0.3, 0.4) is 0 Å². The van der Waals surface area contributed by atoms with Gasteiger partial charge in [-0.25, -0.2) is 10.1 Å². The first-order valence-electron chi connectivity index (χ1n) is 10.2. The van der Waals surface area contributed by atoms with Crippen molar-refractivity contribution in [3.8, 4) is 11.4 Å². The van der Waals surface area contributed by atoms with Crippen molar-refractivity contribution in [3.05, 3.63) is 70.9 Å². The van der Waals surface area contributed by atoms with Crippen LogP contribution in [-0.2, 0) is 4.79 Å². The van der Waals surface area contributed by atoms with E-state index in [0.29, 0.717) is 10.8 Å².